The maximum Gasteiger partial charge on any atom is 0.143 e. The second kappa shape index (κ2) is 4.64. The second-order valence-electron chi connectivity index (χ2n) is 4.59. The largest absolute Gasteiger partial charge is 0.322 e. The van der Waals surface area contributed by atoms with Gasteiger partial charge in [0.2, 0.25) is 0 Å². The molecule has 3 rings (SSSR count). The number of nitrogens with two attached hydrogens (primary N) is 1. The molecule has 0 fully saturated rings. The maximum absolute atomic E-state index is 13.5. The van der Waals surface area contributed by atoms with Crippen LogP contribution in [0.5, 0.6) is 0 Å². The molecule has 0 saturated heterocycles. The molecule has 0 unspecified atom stereocenters. The summed E-state index contributed by atoms with van der Waals surface area (Å²) < 4.78 is 28.5. The van der Waals surface area contributed by atoms with Gasteiger partial charge in [-0.05, 0) is 19.1 Å². The van der Waals surface area contributed by atoms with Crippen LogP contribution in [0, 0.1) is 11.6 Å². The number of rotatable bonds is 2. The number of imidazole rings is 1. The lowest BCUT2D eigenvalue weighted by Crippen LogP contribution is -2.12. The molecule has 1 atom stereocenters. The smallest absolute Gasteiger partial charge is 0.143 e. The minimum Gasteiger partial charge on any atom is -0.322 e. The van der Waals surface area contributed by atoms with Gasteiger partial charge in [-0.25, -0.2) is 13.8 Å². The van der Waals surface area contributed by atoms with E-state index in [1.54, 1.807) is 17.6 Å². The molecule has 0 aliphatic heterocycles. The highest BCUT2D eigenvalue weighted by molar-refractivity contribution is 5.78. The normalized spacial score (nSPS) is 12.8. The van der Waals surface area contributed by atoms with Crippen molar-refractivity contribution in [3.63, 3.8) is 0 Å². The van der Waals surface area contributed by atoms with E-state index in [9.17, 15) is 8.78 Å². The summed E-state index contributed by atoms with van der Waals surface area (Å²) in [4.78, 5) is 8.19. The van der Waals surface area contributed by atoms with Crippen LogP contribution in [-0.4, -0.2) is 14.5 Å². The molecular weight excluding hydrogens is 262 g/mol. The third-order valence-corrected chi connectivity index (χ3v) is 3.00. The summed E-state index contributed by atoms with van der Waals surface area (Å²) in [7, 11) is 0. The summed E-state index contributed by atoms with van der Waals surface area (Å²) in [5.41, 5.74) is 7.50. The van der Waals surface area contributed by atoms with Crippen molar-refractivity contribution in [3.05, 3.63) is 54.1 Å². The van der Waals surface area contributed by atoms with Crippen molar-refractivity contribution in [3.8, 4) is 5.69 Å². The predicted octanol–water partition coefficient (Wildman–Crippen LogP) is 2.72. The number of aromatic nitrogens is 3. The summed E-state index contributed by atoms with van der Waals surface area (Å²) in [5, 5.41) is 0. The van der Waals surface area contributed by atoms with Crippen LogP contribution in [0.2, 0.25) is 0 Å². The van der Waals surface area contributed by atoms with Gasteiger partial charge in [-0.2, -0.15) is 0 Å². The van der Waals surface area contributed by atoms with E-state index in [2.05, 4.69) is 9.97 Å². The Morgan fingerprint density at radius 1 is 1.15 bits per heavy atom. The minimum absolute atomic E-state index is 0.381. The molecule has 0 amide bonds. The second-order valence-corrected chi connectivity index (χ2v) is 4.59. The van der Waals surface area contributed by atoms with Crippen LogP contribution < -0.4 is 5.73 Å². The first-order valence-corrected chi connectivity index (χ1v) is 6.10. The minimum atomic E-state index is -0.476. The van der Waals surface area contributed by atoms with E-state index in [1.165, 1.54) is 24.4 Å². The Hall–Kier alpha value is -2.34. The first-order chi connectivity index (χ1) is 9.56. The van der Waals surface area contributed by atoms with Gasteiger partial charge in [0, 0.05) is 12.1 Å². The van der Waals surface area contributed by atoms with E-state index < -0.39 is 5.82 Å². The van der Waals surface area contributed by atoms with Crippen LogP contribution in [0.1, 0.15) is 18.8 Å². The van der Waals surface area contributed by atoms with Crippen LogP contribution in [0.4, 0.5) is 8.78 Å². The van der Waals surface area contributed by atoms with Crippen LogP contribution in [-0.2, 0) is 0 Å². The lowest BCUT2D eigenvalue weighted by Gasteiger charge is -2.11. The molecule has 0 bridgehead atoms. The van der Waals surface area contributed by atoms with Gasteiger partial charge in [0.15, 0.2) is 0 Å². The van der Waals surface area contributed by atoms with Crippen molar-refractivity contribution >= 4 is 11.0 Å². The van der Waals surface area contributed by atoms with E-state index >= 15 is 0 Å². The maximum atomic E-state index is 13.5. The third-order valence-electron chi connectivity index (χ3n) is 3.00. The number of hydrogen-bond acceptors (Lipinski definition) is 3. The SMILES string of the molecule is C[C@H](N)c1nc2ccc(F)cc2n1-c1cncc(F)c1. The first-order valence-electron chi connectivity index (χ1n) is 6.10. The Kier molecular flexibility index (Phi) is 2.94. The quantitative estimate of drug-likeness (QED) is 0.781. The van der Waals surface area contributed by atoms with E-state index in [0.717, 1.165) is 6.20 Å². The zero-order chi connectivity index (χ0) is 14.3. The van der Waals surface area contributed by atoms with Crippen molar-refractivity contribution in [2.24, 2.45) is 5.73 Å². The molecule has 0 aliphatic rings. The number of fused-ring (bicyclic) bond motifs is 1. The molecule has 0 saturated carbocycles. The third kappa shape index (κ3) is 2.04. The average molecular weight is 274 g/mol. The van der Waals surface area contributed by atoms with Crippen molar-refractivity contribution < 1.29 is 8.78 Å². The van der Waals surface area contributed by atoms with Gasteiger partial charge in [-0.15, -0.1) is 0 Å². The molecule has 20 heavy (non-hydrogen) atoms. The van der Waals surface area contributed by atoms with Gasteiger partial charge in [-0.1, -0.05) is 0 Å². The van der Waals surface area contributed by atoms with Crippen LogP contribution in [0.3, 0.4) is 0 Å². The highest BCUT2D eigenvalue weighted by Gasteiger charge is 2.16. The van der Waals surface area contributed by atoms with Gasteiger partial charge in [0.25, 0.3) is 0 Å². The molecule has 1 aromatic carbocycles. The Bertz CT molecular complexity index is 780. The monoisotopic (exact) mass is 274 g/mol. The summed E-state index contributed by atoms with van der Waals surface area (Å²) in [6.45, 7) is 1.76. The van der Waals surface area contributed by atoms with Crippen molar-refractivity contribution in [1.82, 2.24) is 14.5 Å². The molecule has 102 valence electrons. The summed E-state index contributed by atoms with van der Waals surface area (Å²) in [6.07, 6.45) is 2.59. The molecule has 6 heteroatoms. The average Bonchev–Trinajstić information content (AvgIpc) is 2.77. The fourth-order valence-corrected chi connectivity index (χ4v) is 2.17. The zero-order valence-corrected chi connectivity index (χ0v) is 10.7. The van der Waals surface area contributed by atoms with E-state index in [1.807, 2.05) is 0 Å². The lowest BCUT2D eigenvalue weighted by atomic mass is 10.3. The number of nitrogens with zero attached hydrogens (tertiary/aromatic N) is 3. The van der Waals surface area contributed by atoms with Crippen LogP contribution >= 0.6 is 0 Å². The van der Waals surface area contributed by atoms with Gasteiger partial charge in [-0.3, -0.25) is 9.55 Å². The molecule has 2 heterocycles. The lowest BCUT2D eigenvalue weighted by molar-refractivity contribution is 0.618. The molecule has 2 aromatic heterocycles. The Balaban J connectivity index is 2.36. The predicted molar refractivity (Wildman–Crippen MR) is 71.4 cm³/mol. The van der Waals surface area contributed by atoms with Crippen LogP contribution in [0.15, 0.2) is 36.7 Å². The topological polar surface area (TPSA) is 56.7 Å². The fourth-order valence-electron chi connectivity index (χ4n) is 2.17. The van der Waals surface area contributed by atoms with Gasteiger partial charge in [0.1, 0.15) is 17.5 Å². The number of hydrogen-bond donors (Lipinski definition) is 1. The van der Waals surface area contributed by atoms with Gasteiger partial charge >= 0.3 is 0 Å². The van der Waals surface area contributed by atoms with Crippen molar-refractivity contribution in [1.29, 1.82) is 0 Å². The summed E-state index contributed by atoms with van der Waals surface area (Å²) in [5.74, 6) is -0.339. The van der Waals surface area contributed by atoms with Crippen molar-refractivity contribution in [2.45, 2.75) is 13.0 Å². The Morgan fingerprint density at radius 3 is 2.65 bits per heavy atom. The first kappa shape index (κ1) is 12.7. The fraction of sp³-hybridized carbons (Fsp3) is 0.143. The van der Waals surface area contributed by atoms with Gasteiger partial charge < -0.3 is 5.73 Å². The molecule has 3 aromatic rings. The molecular formula is C14H12F2N4. The van der Waals surface area contributed by atoms with Crippen LogP contribution in [0.25, 0.3) is 16.7 Å². The number of benzene rings is 1. The van der Waals surface area contributed by atoms with E-state index in [-0.39, 0.29) is 11.9 Å². The Morgan fingerprint density at radius 2 is 1.95 bits per heavy atom. The summed E-state index contributed by atoms with van der Waals surface area (Å²) >= 11 is 0. The highest BCUT2D eigenvalue weighted by atomic mass is 19.1. The Labute approximate surface area is 113 Å². The zero-order valence-electron chi connectivity index (χ0n) is 10.7. The number of pyridine rings is 1. The molecule has 4 nitrogen and oxygen atoms in total. The standard InChI is InChI=1S/C14H12F2N4/c1-8(17)14-19-12-3-2-9(15)5-13(12)20(14)11-4-10(16)6-18-7-11/h2-8H,17H2,1H3/t8-/m0/s1. The highest BCUT2D eigenvalue weighted by Crippen LogP contribution is 2.25. The van der Waals surface area contributed by atoms with Gasteiger partial charge in [0.05, 0.1) is 35.2 Å². The van der Waals surface area contributed by atoms with Crippen molar-refractivity contribution in [2.75, 3.05) is 0 Å². The molecule has 0 radical (unpaired) electrons. The van der Waals surface area contributed by atoms with E-state index in [4.69, 9.17) is 5.73 Å². The molecule has 0 spiro atoms. The number of halogens is 2. The molecule has 2 N–H and O–H groups in total. The summed E-state index contributed by atoms with van der Waals surface area (Å²) in [6, 6.07) is 5.17. The van der Waals surface area contributed by atoms with E-state index in [0.29, 0.717) is 22.5 Å². The molecule has 0 aliphatic carbocycles.